The SMILES string of the molecule is N#Cc1nn(-c2c(Cl)cc(C(F)(C(F)(F)F)C(F)(F)F)cc2Cl)c(N)c1NC(=O)C1CC1. The van der Waals surface area contributed by atoms with E-state index in [1.165, 1.54) is 0 Å². The molecule has 1 saturated carbocycles. The first-order chi connectivity index (χ1) is 14.6. The molecule has 2 aromatic rings. The summed E-state index contributed by atoms with van der Waals surface area (Å²) in [7, 11) is 0. The third-order valence-corrected chi connectivity index (χ3v) is 5.21. The number of aromatic nitrogens is 2. The monoisotopic (exact) mass is 503 g/mol. The summed E-state index contributed by atoms with van der Waals surface area (Å²) in [5.41, 5.74) is -3.00. The molecule has 0 unspecified atom stereocenters. The normalized spacial score (nSPS) is 14.9. The molecule has 0 bridgehead atoms. The lowest BCUT2D eigenvalue weighted by molar-refractivity contribution is -0.348. The van der Waals surface area contributed by atoms with Crippen LogP contribution in [-0.2, 0) is 10.5 Å². The quantitative estimate of drug-likeness (QED) is 0.555. The van der Waals surface area contributed by atoms with Gasteiger partial charge in [-0.3, -0.25) is 4.79 Å². The van der Waals surface area contributed by atoms with Crippen LogP contribution in [0.1, 0.15) is 24.1 Å². The predicted molar refractivity (Wildman–Crippen MR) is 99.0 cm³/mol. The zero-order chi connectivity index (χ0) is 24.2. The molecule has 1 aliphatic carbocycles. The largest absolute Gasteiger partial charge is 0.435 e. The van der Waals surface area contributed by atoms with Gasteiger partial charge in [-0.15, -0.1) is 0 Å². The molecule has 0 saturated heterocycles. The number of carbonyl (C=O) groups is 1. The zero-order valence-corrected chi connectivity index (χ0v) is 16.9. The van der Waals surface area contributed by atoms with Crippen molar-refractivity contribution in [2.24, 2.45) is 5.92 Å². The Hall–Kier alpha value is -2.72. The highest BCUT2D eigenvalue weighted by Crippen LogP contribution is 2.54. The number of hydrogen-bond donors (Lipinski definition) is 2. The van der Waals surface area contributed by atoms with Crippen molar-refractivity contribution in [3.63, 3.8) is 0 Å². The van der Waals surface area contributed by atoms with Crippen LogP contribution in [0.4, 0.5) is 42.2 Å². The zero-order valence-electron chi connectivity index (χ0n) is 15.4. The molecule has 0 spiro atoms. The Bertz CT molecular complexity index is 1100. The van der Waals surface area contributed by atoms with Crippen LogP contribution in [0, 0.1) is 17.2 Å². The standard InChI is InChI=1S/C17H10Cl2F7N5O/c18-8-3-7(15(20,16(21,22)23)17(24,25)26)4-9(19)12(8)31-13(28)11(10(5-27)30-31)29-14(32)6-1-2-6/h3-4,6H,1-2,28H2,(H,29,32). The highest BCUT2D eigenvalue weighted by molar-refractivity contribution is 6.38. The van der Waals surface area contributed by atoms with E-state index in [-0.39, 0.29) is 23.7 Å². The van der Waals surface area contributed by atoms with Gasteiger partial charge in [0.25, 0.3) is 0 Å². The first kappa shape index (κ1) is 23.9. The Balaban J connectivity index is 2.15. The third kappa shape index (κ3) is 3.81. The minimum atomic E-state index is -6.38. The van der Waals surface area contributed by atoms with Gasteiger partial charge in [0, 0.05) is 11.5 Å². The molecule has 15 heteroatoms. The number of nitrogens with two attached hydrogens (primary N) is 1. The molecule has 1 aromatic carbocycles. The van der Waals surface area contributed by atoms with Crippen molar-refractivity contribution >= 4 is 40.6 Å². The summed E-state index contributed by atoms with van der Waals surface area (Å²) in [4.78, 5) is 12.0. The molecule has 3 N–H and O–H groups in total. The second kappa shape index (κ2) is 7.70. The van der Waals surface area contributed by atoms with Crippen molar-refractivity contribution in [3.05, 3.63) is 33.4 Å². The van der Waals surface area contributed by atoms with Gasteiger partial charge in [-0.05, 0) is 25.0 Å². The number of amides is 1. The van der Waals surface area contributed by atoms with Crippen LogP contribution in [0.3, 0.4) is 0 Å². The van der Waals surface area contributed by atoms with E-state index in [1.807, 2.05) is 0 Å². The summed E-state index contributed by atoms with van der Waals surface area (Å²) < 4.78 is 93.2. The average Bonchev–Trinajstić information content (AvgIpc) is 3.46. The minimum Gasteiger partial charge on any atom is -0.382 e. The molecule has 6 nitrogen and oxygen atoms in total. The number of anilines is 2. The highest BCUT2D eigenvalue weighted by atomic mass is 35.5. The van der Waals surface area contributed by atoms with Gasteiger partial charge in [0.05, 0.1) is 10.0 Å². The number of nitrogen functional groups attached to an aromatic ring is 1. The van der Waals surface area contributed by atoms with Crippen LogP contribution in [0.25, 0.3) is 5.69 Å². The number of rotatable bonds is 4. The topological polar surface area (TPSA) is 96.7 Å². The molecule has 32 heavy (non-hydrogen) atoms. The molecule has 3 rings (SSSR count). The van der Waals surface area contributed by atoms with Crippen molar-refractivity contribution in [2.75, 3.05) is 11.1 Å². The lowest BCUT2D eigenvalue weighted by Gasteiger charge is -2.30. The van der Waals surface area contributed by atoms with E-state index in [1.54, 1.807) is 6.07 Å². The first-order valence-corrected chi connectivity index (χ1v) is 9.30. The van der Waals surface area contributed by atoms with Gasteiger partial charge in [-0.25, -0.2) is 9.07 Å². The van der Waals surface area contributed by atoms with Crippen molar-refractivity contribution < 1.29 is 35.5 Å². The fourth-order valence-electron chi connectivity index (χ4n) is 2.83. The summed E-state index contributed by atoms with van der Waals surface area (Å²) in [6.07, 6.45) is -11.5. The van der Waals surface area contributed by atoms with Gasteiger partial charge in [0.15, 0.2) is 11.5 Å². The molecule has 1 aromatic heterocycles. The number of alkyl halides is 7. The van der Waals surface area contributed by atoms with E-state index in [0.717, 1.165) is 0 Å². The van der Waals surface area contributed by atoms with Gasteiger partial charge in [0.2, 0.25) is 5.91 Å². The number of nitrogens with zero attached hydrogens (tertiary/aromatic N) is 3. The summed E-state index contributed by atoms with van der Waals surface area (Å²) in [6, 6.07) is 1.80. The molecule has 1 amide bonds. The van der Waals surface area contributed by atoms with Gasteiger partial charge >= 0.3 is 18.0 Å². The lowest BCUT2D eigenvalue weighted by atomic mass is 9.94. The van der Waals surface area contributed by atoms with Crippen LogP contribution in [0.5, 0.6) is 0 Å². The van der Waals surface area contributed by atoms with E-state index in [9.17, 15) is 40.8 Å². The van der Waals surface area contributed by atoms with Gasteiger partial charge < -0.3 is 11.1 Å². The van der Waals surface area contributed by atoms with Crippen LogP contribution in [-0.4, -0.2) is 28.0 Å². The predicted octanol–water partition coefficient (Wildman–Crippen LogP) is 5.27. The molecule has 1 fully saturated rings. The molecular weight excluding hydrogens is 494 g/mol. The molecule has 172 valence electrons. The maximum Gasteiger partial charge on any atom is 0.435 e. The lowest BCUT2D eigenvalue weighted by Crippen LogP contribution is -2.50. The number of hydrogen-bond acceptors (Lipinski definition) is 4. The number of nitriles is 1. The number of carbonyl (C=O) groups excluding carboxylic acids is 1. The van der Waals surface area contributed by atoms with Gasteiger partial charge in [-0.1, -0.05) is 23.2 Å². The van der Waals surface area contributed by atoms with E-state index in [2.05, 4.69) is 10.4 Å². The maximum absolute atomic E-state index is 14.4. The molecule has 1 heterocycles. The van der Waals surface area contributed by atoms with Crippen LogP contribution in [0.2, 0.25) is 10.0 Å². The minimum absolute atomic E-state index is 0.0827. The number of nitrogens with one attached hydrogen (secondary N) is 1. The van der Waals surface area contributed by atoms with E-state index >= 15 is 0 Å². The van der Waals surface area contributed by atoms with E-state index in [0.29, 0.717) is 17.5 Å². The second-order valence-electron chi connectivity index (χ2n) is 6.84. The smallest absolute Gasteiger partial charge is 0.382 e. The molecule has 0 aliphatic heterocycles. The van der Waals surface area contributed by atoms with Crippen LogP contribution < -0.4 is 11.1 Å². The fourth-order valence-corrected chi connectivity index (χ4v) is 3.48. The summed E-state index contributed by atoms with van der Waals surface area (Å²) in [5, 5.41) is 13.6. The second-order valence-corrected chi connectivity index (χ2v) is 7.65. The summed E-state index contributed by atoms with van der Waals surface area (Å²) in [5.74, 6) is -1.18. The third-order valence-electron chi connectivity index (χ3n) is 4.63. The Morgan fingerprint density at radius 1 is 1.12 bits per heavy atom. The summed E-state index contributed by atoms with van der Waals surface area (Å²) in [6.45, 7) is 0. The van der Waals surface area contributed by atoms with Crippen LogP contribution >= 0.6 is 23.2 Å². The van der Waals surface area contributed by atoms with Crippen molar-refractivity contribution in [2.45, 2.75) is 30.9 Å². The van der Waals surface area contributed by atoms with Crippen LogP contribution in [0.15, 0.2) is 12.1 Å². The van der Waals surface area contributed by atoms with Gasteiger partial charge in [0.1, 0.15) is 17.4 Å². The Morgan fingerprint density at radius 3 is 2.03 bits per heavy atom. The fraction of sp³-hybridized carbons (Fsp3) is 0.353. The Morgan fingerprint density at radius 2 is 1.62 bits per heavy atom. The van der Waals surface area contributed by atoms with Crippen molar-refractivity contribution in [1.29, 1.82) is 5.26 Å². The van der Waals surface area contributed by atoms with E-state index in [4.69, 9.17) is 28.9 Å². The maximum atomic E-state index is 14.4. The summed E-state index contributed by atoms with van der Waals surface area (Å²) >= 11 is 11.7. The molecule has 1 aliphatic rings. The molecular formula is C17H10Cl2F7N5O. The Labute approximate surface area is 184 Å². The first-order valence-electron chi connectivity index (χ1n) is 8.55. The highest BCUT2D eigenvalue weighted by Gasteiger charge is 2.73. The van der Waals surface area contributed by atoms with Gasteiger partial charge in [-0.2, -0.15) is 36.7 Å². The number of halogens is 9. The number of benzene rings is 1. The van der Waals surface area contributed by atoms with E-state index < -0.39 is 56.7 Å². The molecule has 0 atom stereocenters. The van der Waals surface area contributed by atoms with Crippen molar-refractivity contribution in [1.82, 2.24) is 9.78 Å². The Kier molecular flexibility index (Phi) is 5.76. The van der Waals surface area contributed by atoms with Crippen molar-refractivity contribution in [3.8, 4) is 11.8 Å². The average molecular weight is 504 g/mol. The molecule has 0 radical (unpaired) electrons.